The van der Waals surface area contributed by atoms with Gasteiger partial charge in [0, 0.05) is 26.2 Å². The maximum Gasteiger partial charge on any atom is 0.319 e. The van der Waals surface area contributed by atoms with Crippen LogP contribution in [0.1, 0.15) is 23.2 Å². The van der Waals surface area contributed by atoms with Crippen LogP contribution in [-0.4, -0.2) is 37.1 Å². The Labute approximate surface area is 182 Å². The minimum atomic E-state index is -0.462. The fourth-order valence-corrected chi connectivity index (χ4v) is 4.09. The number of para-hydroxylation sites is 1. The zero-order chi connectivity index (χ0) is 21.5. The van der Waals surface area contributed by atoms with E-state index in [1.807, 2.05) is 48.5 Å². The molecule has 3 aromatic carbocycles. The van der Waals surface area contributed by atoms with Crippen LogP contribution >= 0.6 is 0 Å². The van der Waals surface area contributed by atoms with E-state index in [1.165, 1.54) is 6.07 Å². The van der Waals surface area contributed by atoms with Crippen molar-refractivity contribution in [2.75, 3.05) is 31.5 Å². The molecule has 0 bridgehead atoms. The predicted octanol–water partition coefficient (Wildman–Crippen LogP) is 4.34. The molecule has 5 nitrogen and oxygen atoms in total. The zero-order valence-corrected chi connectivity index (χ0v) is 17.3. The number of anilines is 1. The number of rotatable bonds is 6. The number of urea groups is 1. The molecular weight excluding hydrogens is 391 g/mol. The van der Waals surface area contributed by atoms with Crippen molar-refractivity contribution in [2.24, 2.45) is 0 Å². The summed E-state index contributed by atoms with van der Waals surface area (Å²) in [4.78, 5) is 15.3. The van der Waals surface area contributed by atoms with Crippen LogP contribution in [-0.2, 0) is 0 Å². The van der Waals surface area contributed by atoms with Crippen molar-refractivity contribution in [1.29, 1.82) is 0 Å². The number of hydrogen-bond acceptors (Lipinski definition) is 3. The van der Waals surface area contributed by atoms with Crippen LogP contribution in [0.25, 0.3) is 0 Å². The fourth-order valence-electron chi connectivity index (χ4n) is 4.09. The van der Waals surface area contributed by atoms with Crippen LogP contribution in [0.15, 0.2) is 84.9 Å². The van der Waals surface area contributed by atoms with Crippen molar-refractivity contribution in [3.05, 3.63) is 102 Å². The second-order valence-corrected chi connectivity index (χ2v) is 7.61. The quantitative estimate of drug-likeness (QED) is 0.558. The number of nitrogens with zero attached hydrogens (tertiary/aromatic N) is 1. The summed E-state index contributed by atoms with van der Waals surface area (Å²) in [7, 11) is 0. The largest absolute Gasteiger partial charge is 0.329 e. The first kappa shape index (κ1) is 21.0. The second-order valence-electron chi connectivity index (χ2n) is 7.61. The maximum atomic E-state index is 14.1. The third kappa shape index (κ3) is 5.29. The number of carbonyl (C=O) groups excluding carboxylic acids is 1. The highest BCUT2D eigenvalue weighted by Gasteiger charge is 2.32. The number of halogens is 1. The van der Waals surface area contributed by atoms with E-state index in [0.29, 0.717) is 0 Å². The molecule has 1 fully saturated rings. The van der Waals surface area contributed by atoms with E-state index in [0.717, 1.165) is 37.3 Å². The molecule has 1 aliphatic heterocycles. The molecule has 160 valence electrons. The van der Waals surface area contributed by atoms with Crippen LogP contribution in [0.4, 0.5) is 14.9 Å². The van der Waals surface area contributed by atoms with Crippen molar-refractivity contribution in [3.8, 4) is 0 Å². The number of hydrogen-bond donors (Lipinski definition) is 3. The summed E-state index contributed by atoms with van der Waals surface area (Å²) in [6, 6.07) is 25.5. The van der Waals surface area contributed by atoms with E-state index in [2.05, 4.69) is 33.0 Å². The van der Waals surface area contributed by atoms with E-state index in [1.54, 1.807) is 18.2 Å². The monoisotopic (exact) mass is 418 g/mol. The smallest absolute Gasteiger partial charge is 0.319 e. The lowest BCUT2D eigenvalue weighted by atomic mass is 9.91. The summed E-state index contributed by atoms with van der Waals surface area (Å²) >= 11 is 0. The molecule has 0 saturated carbocycles. The van der Waals surface area contributed by atoms with Gasteiger partial charge < -0.3 is 16.0 Å². The summed E-state index contributed by atoms with van der Waals surface area (Å²) in [5.74, 6) is -0.462. The van der Waals surface area contributed by atoms with E-state index in [9.17, 15) is 9.18 Å². The first-order chi connectivity index (χ1) is 15.2. The number of carbonyl (C=O) groups is 1. The molecule has 3 N–H and O–H groups in total. The van der Waals surface area contributed by atoms with Gasteiger partial charge in [0.05, 0.1) is 17.8 Å². The molecule has 1 aliphatic rings. The molecule has 0 spiro atoms. The first-order valence-corrected chi connectivity index (χ1v) is 10.6. The Morgan fingerprint density at radius 1 is 0.839 bits per heavy atom. The van der Waals surface area contributed by atoms with Gasteiger partial charge in [-0.15, -0.1) is 0 Å². The minimum absolute atomic E-state index is 0.0583. The van der Waals surface area contributed by atoms with Crippen molar-refractivity contribution in [3.63, 3.8) is 0 Å². The molecule has 0 aromatic heterocycles. The van der Waals surface area contributed by atoms with Crippen molar-refractivity contribution in [2.45, 2.75) is 12.1 Å². The summed E-state index contributed by atoms with van der Waals surface area (Å²) in [5, 5.41) is 9.19. The molecule has 0 aliphatic carbocycles. The van der Waals surface area contributed by atoms with E-state index >= 15 is 0 Å². The first-order valence-electron chi connectivity index (χ1n) is 10.6. The zero-order valence-electron chi connectivity index (χ0n) is 17.3. The van der Waals surface area contributed by atoms with Gasteiger partial charge in [0.1, 0.15) is 5.82 Å². The third-order valence-corrected chi connectivity index (χ3v) is 5.57. The molecular formula is C25H27FN4O. The van der Waals surface area contributed by atoms with Gasteiger partial charge in [0.25, 0.3) is 0 Å². The van der Waals surface area contributed by atoms with Gasteiger partial charge in [-0.1, -0.05) is 72.8 Å². The van der Waals surface area contributed by atoms with E-state index in [4.69, 9.17) is 0 Å². The Hall–Kier alpha value is -3.22. The van der Waals surface area contributed by atoms with E-state index < -0.39 is 11.8 Å². The van der Waals surface area contributed by atoms with Crippen molar-refractivity contribution >= 4 is 11.7 Å². The Kier molecular flexibility index (Phi) is 6.92. The summed E-state index contributed by atoms with van der Waals surface area (Å²) in [6.07, 6.45) is 0. The highest BCUT2D eigenvalue weighted by atomic mass is 19.1. The molecule has 6 heteroatoms. The van der Waals surface area contributed by atoms with Crippen LogP contribution in [0, 0.1) is 5.82 Å². The van der Waals surface area contributed by atoms with Gasteiger partial charge in [-0.3, -0.25) is 4.90 Å². The van der Waals surface area contributed by atoms with Crippen LogP contribution < -0.4 is 16.0 Å². The number of benzene rings is 3. The highest BCUT2D eigenvalue weighted by Crippen LogP contribution is 2.34. The number of amides is 2. The summed E-state index contributed by atoms with van der Waals surface area (Å²) in [6.45, 7) is 3.54. The highest BCUT2D eigenvalue weighted by molar-refractivity contribution is 5.89. The average molecular weight is 419 g/mol. The van der Waals surface area contributed by atoms with Gasteiger partial charge in [-0.25, -0.2) is 9.18 Å². The Morgan fingerprint density at radius 2 is 1.42 bits per heavy atom. The molecule has 4 rings (SSSR count). The topological polar surface area (TPSA) is 56.4 Å². The predicted molar refractivity (Wildman–Crippen MR) is 121 cm³/mol. The third-order valence-electron chi connectivity index (χ3n) is 5.57. The molecule has 1 heterocycles. The Morgan fingerprint density at radius 3 is 2.06 bits per heavy atom. The summed E-state index contributed by atoms with van der Waals surface area (Å²) < 4.78 is 14.1. The molecule has 2 atom stereocenters. The SMILES string of the molecule is O=C(Nc1ccccc1F)NC(c1ccccc1)C(c1ccccc1)N1CCNCC1. The lowest BCUT2D eigenvalue weighted by Crippen LogP contribution is -2.49. The van der Waals surface area contributed by atoms with E-state index in [-0.39, 0.29) is 17.8 Å². The molecule has 2 unspecified atom stereocenters. The van der Waals surface area contributed by atoms with Gasteiger partial charge in [-0.2, -0.15) is 0 Å². The Bertz CT molecular complexity index is 977. The normalized spacial score (nSPS) is 16.3. The van der Waals surface area contributed by atoms with Crippen molar-refractivity contribution < 1.29 is 9.18 Å². The van der Waals surface area contributed by atoms with Gasteiger partial charge in [0.15, 0.2) is 0 Å². The van der Waals surface area contributed by atoms with Gasteiger partial charge >= 0.3 is 6.03 Å². The standard InChI is InChI=1S/C25H27FN4O/c26-21-13-7-8-14-22(21)28-25(31)29-23(19-9-3-1-4-10-19)24(20-11-5-2-6-12-20)30-17-15-27-16-18-30/h1-14,23-24,27H,15-18H2,(H2,28,29,31). The number of piperazine rings is 1. The molecule has 1 saturated heterocycles. The summed E-state index contributed by atoms with van der Waals surface area (Å²) in [5.41, 5.74) is 2.29. The molecule has 3 aromatic rings. The minimum Gasteiger partial charge on any atom is -0.329 e. The van der Waals surface area contributed by atoms with Crippen LogP contribution in [0.3, 0.4) is 0 Å². The van der Waals surface area contributed by atoms with Crippen molar-refractivity contribution in [1.82, 2.24) is 15.5 Å². The molecule has 31 heavy (non-hydrogen) atoms. The lowest BCUT2D eigenvalue weighted by Gasteiger charge is -2.40. The van der Waals surface area contributed by atoms with Gasteiger partial charge in [0.2, 0.25) is 0 Å². The van der Waals surface area contributed by atoms with Crippen LogP contribution in [0.2, 0.25) is 0 Å². The molecule has 2 amide bonds. The average Bonchev–Trinajstić information content (AvgIpc) is 2.82. The molecule has 0 radical (unpaired) electrons. The Balaban J connectivity index is 1.66. The lowest BCUT2D eigenvalue weighted by molar-refractivity contribution is 0.140. The fraction of sp³-hybridized carbons (Fsp3) is 0.240. The van der Waals surface area contributed by atoms with Gasteiger partial charge in [-0.05, 0) is 23.3 Å². The maximum absolute atomic E-state index is 14.1. The second kappa shape index (κ2) is 10.2. The van der Waals surface area contributed by atoms with Crippen LogP contribution in [0.5, 0.6) is 0 Å². The number of nitrogens with one attached hydrogen (secondary N) is 3.